The Balaban J connectivity index is 4.27. The van der Waals surface area contributed by atoms with Gasteiger partial charge in [-0.05, 0) is 6.42 Å². The third-order valence-corrected chi connectivity index (χ3v) is 1.50. The van der Waals surface area contributed by atoms with E-state index in [0.717, 1.165) is 0 Å². The highest BCUT2D eigenvalue weighted by molar-refractivity contribution is 6.48. The van der Waals surface area contributed by atoms with Gasteiger partial charge in [0.1, 0.15) is 6.04 Å². The Kier molecular flexibility index (Phi) is 4.39. The zero-order valence-electron chi connectivity index (χ0n) is 6.62. The number of carbonyl (C=O) groups is 2. The van der Waals surface area contributed by atoms with Crippen molar-refractivity contribution in [3.05, 3.63) is 0 Å². The molecule has 74 valence electrons. The molecule has 0 spiro atoms. The van der Waals surface area contributed by atoms with Crippen LogP contribution in [0.25, 0.3) is 0 Å². The van der Waals surface area contributed by atoms with Crippen molar-refractivity contribution in [2.24, 2.45) is 5.73 Å². The predicted octanol–water partition coefficient (Wildman–Crippen LogP) is -2.28. The molecule has 0 rings (SSSR count). The monoisotopic (exact) mass is 191 g/mol. The topological polar surface area (TPSA) is 141 Å². The van der Waals surface area contributed by atoms with E-state index >= 15 is 0 Å². The molecule has 13 heavy (non-hydrogen) atoms. The fourth-order valence-electron chi connectivity index (χ4n) is 0.724. The van der Waals surface area contributed by atoms with Crippen LogP contribution in [0, 0.1) is 0 Å². The summed E-state index contributed by atoms with van der Waals surface area (Å²) in [6.07, 6.45) is -0.525. The van der Waals surface area contributed by atoms with Crippen molar-refractivity contribution in [1.82, 2.24) is 0 Å². The van der Waals surface area contributed by atoms with Crippen LogP contribution in [0.3, 0.4) is 0 Å². The lowest BCUT2D eigenvalue weighted by molar-refractivity contribution is -0.140. The molecule has 6 N–H and O–H groups in total. The molecule has 8 heteroatoms. The van der Waals surface area contributed by atoms with Gasteiger partial charge in [-0.25, -0.2) is 0 Å². The first-order valence-electron chi connectivity index (χ1n) is 3.43. The minimum Gasteiger partial charge on any atom is -0.481 e. The summed E-state index contributed by atoms with van der Waals surface area (Å²) in [5.41, 5.74) is 5.01. The maximum Gasteiger partial charge on any atom is 0.466 e. The van der Waals surface area contributed by atoms with E-state index in [0.29, 0.717) is 0 Å². The number of hydrogen-bond donors (Lipinski definition) is 5. The molecule has 0 aromatic rings. The number of aliphatic carboxylic acids is 2. The van der Waals surface area contributed by atoms with E-state index in [9.17, 15) is 9.59 Å². The number of carboxylic acid groups (broad SMARTS) is 2. The third-order valence-electron chi connectivity index (χ3n) is 1.50. The Morgan fingerprint density at radius 1 is 1.23 bits per heavy atom. The molecule has 1 unspecified atom stereocenters. The SMILES string of the molecule is N[C@@H](CC(B(O)O)C(=O)O)C(=O)O. The molecule has 0 saturated carbocycles. The zero-order chi connectivity index (χ0) is 10.6. The van der Waals surface area contributed by atoms with Gasteiger partial charge in [0, 0.05) is 0 Å². The lowest BCUT2D eigenvalue weighted by Crippen LogP contribution is -2.37. The van der Waals surface area contributed by atoms with Gasteiger partial charge in [0.05, 0.1) is 5.82 Å². The van der Waals surface area contributed by atoms with E-state index in [-0.39, 0.29) is 0 Å². The van der Waals surface area contributed by atoms with Gasteiger partial charge in [-0.2, -0.15) is 0 Å². The van der Waals surface area contributed by atoms with Crippen molar-refractivity contribution in [3.63, 3.8) is 0 Å². The Morgan fingerprint density at radius 3 is 1.92 bits per heavy atom. The lowest BCUT2D eigenvalue weighted by atomic mass is 9.69. The second-order valence-electron chi connectivity index (χ2n) is 2.54. The van der Waals surface area contributed by atoms with E-state index in [4.69, 9.17) is 26.0 Å². The van der Waals surface area contributed by atoms with Crippen molar-refractivity contribution >= 4 is 19.1 Å². The van der Waals surface area contributed by atoms with Crippen LogP contribution in [-0.4, -0.2) is 45.4 Å². The van der Waals surface area contributed by atoms with Crippen LogP contribution in [0.15, 0.2) is 0 Å². The molecule has 0 aliphatic carbocycles. The maximum atomic E-state index is 10.3. The lowest BCUT2D eigenvalue weighted by Gasteiger charge is -2.12. The fourth-order valence-corrected chi connectivity index (χ4v) is 0.724. The summed E-state index contributed by atoms with van der Waals surface area (Å²) >= 11 is 0. The van der Waals surface area contributed by atoms with Crippen molar-refractivity contribution in [2.75, 3.05) is 0 Å². The smallest absolute Gasteiger partial charge is 0.466 e. The minimum atomic E-state index is -2.11. The maximum absolute atomic E-state index is 10.3. The molecular formula is C5H10BNO6. The van der Waals surface area contributed by atoms with Gasteiger partial charge in [-0.15, -0.1) is 0 Å². The second kappa shape index (κ2) is 4.80. The molecule has 2 atom stereocenters. The number of carboxylic acids is 2. The molecule has 0 fully saturated rings. The van der Waals surface area contributed by atoms with Gasteiger partial charge in [0.25, 0.3) is 0 Å². The molecule has 7 nitrogen and oxygen atoms in total. The fraction of sp³-hybridized carbons (Fsp3) is 0.600. The van der Waals surface area contributed by atoms with Crippen LogP contribution < -0.4 is 5.73 Å². The van der Waals surface area contributed by atoms with Crippen molar-refractivity contribution in [3.8, 4) is 0 Å². The van der Waals surface area contributed by atoms with E-state index in [1.807, 2.05) is 0 Å². The molecule has 0 saturated heterocycles. The molecule has 0 bridgehead atoms. The first kappa shape index (κ1) is 11.9. The Labute approximate surface area is 73.9 Å². The molecule has 0 heterocycles. The van der Waals surface area contributed by atoms with Crippen molar-refractivity contribution in [1.29, 1.82) is 0 Å². The van der Waals surface area contributed by atoms with Gasteiger partial charge in [0.15, 0.2) is 0 Å². The first-order chi connectivity index (χ1) is 5.86. The van der Waals surface area contributed by atoms with Gasteiger partial charge in [-0.3, -0.25) is 9.59 Å². The number of hydrogen-bond acceptors (Lipinski definition) is 5. The number of rotatable bonds is 5. The van der Waals surface area contributed by atoms with Crippen LogP contribution in [-0.2, 0) is 9.59 Å². The first-order valence-corrected chi connectivity index (χ1v) is 3.43. The third kappa shape index (κ3) is 3.88. The Hall–Kier alpha value is -1.12. The highest BCUT2D eigenvalue weighted by atomic mass is 16.4. The Bertz CT molecular complexity index is 207. The largest absolute Gasteiger partial charge is 0.481 e. The molecule has 0 aliphatic heterocycles. The van der Waals surface area contributed by atoms with Crippen molar-refractivity contribution < 1.29 is 29.9 Å². The zero-order valence-corrected chi connectivity index (χ0v) is 6.62. The summed E-state index contributed by atoms with van der Waals surface area (Å²) in [4.78, 5) is 20.5. The molecule has 0 aromatic heterocycles. The quantitative estimate of drug-likeness (QED) is 0.308. The summed E-state index contributed by atoms with van der Waals surface area (Å²) < 4.78 is 0. The highest BCUT2D eigenvalue weighted by Gasteiger charge is 2.33. The van der Waals surface area contributed by atoms with Crippen LogP contribution in [0.5, 0.6) is 0 Å². The molecule has 0 aliphatic rings. The van der Waals surface area contributed by atoms with Crippen LogP contribution in [0.1, 0.15) is 6.42 Å². The van der Waals surface area contributed by atoms with Gasteiger partial charge >= 0.3 is 19.1 Å². The van der Waals surface area contributed by atoms with E-state index in [2.05, 4.69) is 0 Å². The second-order valence-corrected chi connectivity index (χ2v) is 2.54. The highest BCUT2D eigenvalue weighted by Crippen LogP contribution is 2.14. The normalized spacial score (nSPS) is 14.7. The summed E-state index contributed by atoms with van der Waals surface area (Å²) in [6, 6.07) is -1.41. The molecule has 0 amide bonds. The molecular weight excluding hydrogens is 181 g/mol. The molecule has 0 aromatic carbocycles. The summed E-state index contributed by atoms with van der Waals surface area (Å²) in [5, 5.41) is 33.8. The summed E-state index contributed by atoms with van der Waals surface area (Å²) in [5.74, 6) is -4.45. The number of nitrogens with two attached hydrogens (primary N) is 1. The van der Waals surface area contributed by atoms with Crippen LogP contribution >= 0.6 is 0 Å². The minimum absolute atomic E-state index is 0.525. The average molecular weight is 191 g/mol. The van der Waals surface area contributed by atoms with Gasteiger partial charge < -0.3 is 26.0 Å². The van der Waals surface area contributed by atoms with Gasteiger partial charge in [0.2, 0.25) is 0 Å². The summed E-state index contributed by atoms with van der Waals surface area (Å²) in [7, 11) is -2.11. The van der Waals surface area contributed by atoms with Gasteiger partial charge in [-0.1, -0.05) is 0 Å². The van der Waals surface area contributed by atoms with Crippen LogP contribution in [0.4, 0.5) is 0 Å². The standard InChI is InChI=1S/C5H10BNO6/c7-3(5(10)11)1-2(4(8)9)6(12)13/h2-3,12-13H,1,7H2,(H,8,9)(H,10,11)/t2?,3-/m0/s1. The molecule has 0 radical (unpaired) electrons. The van der Waals surface area contributed by atoms with Crippen molar-refractivity contribution in [2.45, 2.75) is 18.3 Å². The van der Waals surface area contributed by atoms with E-state index in [1.54, 1.807) is 0 Å². The van der Waals surface area contributed by atoms with E-state index in [1.165, 1.54) is 0 Å². The average Bonchev–Trinajstić information content (AvgIpc) is 1.97. The van der Waals surface area contributed by atoms with E-state index < -0.39 is 37.3 Å². The predicted molar refractivity (Wildman–Crippen MR) is 41.8 cm³/mol. The van der Waals surface area contributed by atoms with Crippen LogP contribution in [0.2, 0.25) is 5.82 Å². The Morgan fingerprint density at radius 2 is 1.69 bits per heavy atom. The summed E-state index contributed by atoms with van der Waals surface area (Å²) in [6.45, 7) is 0.